The summed E-state index contributed by atoms with van der Waals surface area (Å²) < 4.78 is 22.8. The molecule has 32 heavy (non-hydrogen) atoms. The molecule has 0 unspecified atom stereocenters. The summed E-state index contributed by atoms with van der Waals surface area (Å²) in [6.45, 7) is 0. The first kappa shape index (κ1) is 21.3. The number of methoxy groups -OCH3 is 4. The van der Waals surface area contributed by atoms with Gasteiger partial charge in [0.05, 0.1) is 38.5 Å². The summed E-state index contributed by atoms with van der Waals surface area (Å²) in [5.41, 5.74) is 1.54. The molecule has 0 N–H and O–H groups in total. The van der Waals surface area contributed by atoms with E-state index in [-0.39, 0.29) is 5.56 Å². The van der Waals surface area contributed by atoms with Crippen LogP contribution in [-0.4, -0.2) is 49.0 Å². The Balaban J connectivity index is 1.82. The van der Waals surface area contributed by atoms with Crippen molar-refractivity contribution in [2.24, 2.45) is 0 Å². The second-order valence-corrected chi connectivity index (χ2v) is 7.59. The zero-order valence-electron chi connectivity index (χ0n) is 17.7. The highest BCUT2D eigenvalue weighted by Crippen LogP contribution is 2.40. The zero-order valence-corrected chi connectivity index (χ0v) is 18.6. The van der Waals surface area contributed by atoms with E-state index in [2.05, 4.69) is 10.2 Å². The Hall–Kier alpha value is -3.92. The summed E-state index contributed by atoms with van der Waals surface area (Å²) in [5, 5.41) is 8.34. The van der Waals surface area contributed by atoms with Crippen LogP contribution < -0.4 is 24.3 Å². The highest BCUT2D eigenvalue weighted by Gasteiger charge is 2.19. The first-order valence-electron chi connectivity index (χ1n) is 9.39. The van der Waals surface area contributed by atoms with E-state index < -0.39 is 5.97 Å². The van der Waals surface area contributed by atoms with Crippen LogP contribution in [0.5, 0.6) is 17.2 Å². The van der Waals surface area contributed by atoms with Crippen LogP contribution in [0.15, 0.2) is 41.2 Å². The standard InChI is InChI=1S/C22H19N3O6S/c1-28-15-10-14(11-16(29-2)18(15)30-3)19-23-24-22-25(19)20(26)17(32-22)9-12-5-7-13(8-6-12)21(27)31-4/h5-11H,1-4H3. The van der Waals surface area contributed by atoms with E-state index in [1.54, 1.807) is 42.5 Å². The quantitative estimate of drug-likeness (QED) is 0.410. The van der Waals surface area contributed by atoms with Crippen molar-refractivity contribution >= 4 is 28.3 Å². The molecule has 10 heteroatoms. The smallest absolute Gasteiger partial charge is 0.337 e. The van der Waals surface area contributed by atoms with Crippen LogP contribution >= 0.6 is 11.3 Å². The van der Waals surface area contributed by atoms with E-state index in [1.807, 2.05) is 0 Å². The molecule has 0 amide bonds. The molecule has 0 fully saturated rings. The summed E-state index contributed by atoms with van der Waals surface area (Å²) in [4.78, 5) is 25.2. The summed E-state index contributed by atoms with van der Waals surface area (Å²) in [5.74, 6) is 1.27. The van der Waals surface area contributed by atoms with Gasteiger partial charge in [-0.15, -0.1) is 10.2 Å². The molecular weight excluding hydrogens is 434 g/mol. The van der Waals surface area contributed by atoms with Crippen molar-refractivity contribution < 1.29 is 23.7 Å². The van der Waals surface area contributed by atoms with Crippen molar-refractivity contribution in [1.29, 1.82) is 0 Å². The van der Waals surface area contributed by atoms with Crippen LogP contribution in [0.1, 0.15) is 15.9 Å². The molecule has 2 aromatic carbocycles. The summed E-state index contributed by atoms with van der Waals surface area (Å²) in [6, 6.07) is 10.2. The van der Waals surface area contributed by atoms with E-state index >= 15 is 0 Å². The lowest BCUT2D eigenvalue weighted by Gasteiger charge is -2.13. The van der Waals surface area contributed by atoms with E-state index in [0.29, 0.717) is 43.7 Å². The van der Waals surface area contributed by atoms with Crippen LogP contribution in [0.3, 0.4) is 0 Å². The van der Waals surface area contributed by atoms with E-state index in [4.69, 9.17) is 18.9 Å². The largest absolute Gasteiger partial charge is 0.493 e. The summed E-state index contributed by atoms with van der Waals surface area (Å²) in [7, 11) is 5.88. The number of nitrogens with zero attached hydrogens (tertiary/aromatic N) is 3. The predicted molar refractivity (Wildman–Crippen MR) is 119 cm³/mol. The number of fused-ring (bicyclic) bond motifs is 1. The van der Waals surface area contributed by atoms with Gasteiger partial charge in [0.25, 0.3) is 5.56 Å². The van der Waals surface area contributed by atoms with Crippen LogP contribution in [0.4, 0.5) is 0 Å². The van der Waals surface area contributed by atoms with Crippen molar-refractivity contribution in [2.75, 3.05) is 28.4 Å². The molecule has 0 saturated heterocycles. The molecular formula is C22H19N3O6S. The molecule has 0 spiro atoms. The number of thiazole rings is 1. The Bertz CT molecular complexity index is 1380. The van der Waals surface area contributed by atoms with Gasteiger partial charge in [0.15, 0.2) is 17.3 Å². The van der Waals surface area contributed by atoms with Gasteiger partial charge in [0, 0.05) is 5.56 Å². The maximum Gasteiger partial charge on any atom is 0.337 e. The number of esters is 1. The third-order valence-corrected chi connectivity index (χ3v) is 5.76. The normalized spacial score (nSPS) is 11.6. The second-order valence-electron chi connectivity index (χ2n) is 6.58. The van der Waals surface area contributed by atoms with Crippen molar-refractivity contribution in [1.82, 2.24) is 14.6 Å². The third kappa shape index (κ3) is 3.65. The van der Waals surface area contributed by atoms with Gasteiger partial charge in [0.2, 0.25) is 10.7 Å². The molecule has 9 nitrogen and oxygen atoms in total. The molecule has 0 bridgehead atoms. The lowest BCUT2D eigenvalue weighted by Crippen LogP contribution is -2.23. The number of carbonyl (C=O) groups excluding carboxylic acids is 1. The number of carbonyl (C=O) groups is 1. The molecule has 2 aromatic heterocycles. The van der Waals surface area contributed by atoms with Gasteiger partial charge in [0.1, 0.15) is 0 Å². The van der Waals surface area contributed by atoms with Crippen LogP contribution in [0.2, 0.25) is 0 Å². The Labute approximate surface area is 186 Å². The third-order valence-electron chi connectivity index (χ3n) is 4.80. The molecule has 0 aliphatic heterocycles. The van der Waals surface area contributed by atoms with Gasteiger partial charge in [-0.3, -0.25) is 4.79 Å². The average Bonchev–Trinajstić information content (AvgIpc) is 3.38. The summed E-state index contributed by atoms with van der Waals surface area (Å²) in [6.07, 6.45) is 1.74. The van der Waals surface area contributed by atoms with Crippen LogP contribution in [0.25, 0.3) is 22.4 Å². The molecule has 4 aromatic rings. The van der Waals surface area contributed by atoms with E-state index in [9.17, 15) is 9.59 Å². The topological polar surface area (TPSA) is 101 Å². The molecule has 0 radical (unpaired) electrons. The summed E-state index contributed by atoms with van der Waals surface area (Å²) >= 11 is 1.22. The van der Waals surface area contributed by atoms with Gasteiger partial charge >= 0.3 is 5.97 Å². The fourth-order valence-electron chi connectivity index (χ4n) is 3.24. The maximum absolute atomic E-state index is 13.1. The molecule has 164 valence electrons. The highest BCUT2D eigenvalue weighted by atomic mass is 32.1. The van der Waals surface area contributed by atoms with Crippen LogP contribution in [0, 0.1) is 0 Å². The minimum atomic E-state index is -0.420. The highest BCUT2D eigenvalue weighted by molar-refractivity contribution is 7.15. The van der Waals surface area contributed by atoms with Crippen molar-refractivity contribution in [2.45, 2.75) is 0 Å². The lowest BCUT2D eigenvalue weighted by atomic mass is 10.1. The molecule has 0 aliphatic rings. The minimum absolute atomic E-state index is 0.254. The van der Waals surface area contributed by atoms with Gasteiger partial charge in [-0.25, -0.2) is 9.20 Å². The molecule has 0 saturated carbocycles. The molecule has 0 atom stereocenters. The first-order valence-corrected chi connectivity index (χ1v) is 10.2. The first-order chi connectivity index (χ1) is 15.5. The average molecular weight is 453 g/mol. The predicted octanol–water partition coefficient (Wildman–Crippen LogP) is 2.18. The fraction of sp³-hybridized carbons (Fsp3) is 0.182. The second kappa shape index (κ2) is 8.67. The van der Waals surface area contributed by atoms with E-state index in [0.717, 1.165) is 5.56 Å². The van der Waals surface area contributed by atoms with Crippen LogP contribution in [-0.2, 0) is 4.74 Å². The number of rotatable bonds is 6. The van der Waals surface area contributed by atoms with Gasteiger partial charge in [-0.05, 0) is 35.9 Å². The van der Waals surface area contributed by atoms with Gasteiger partial charge in [-0.1, -0.05) is 23.5 Å². The van der Waals surface area contributed by atoms with Crippen molar-refractivity contribution in [3.8, 4) is 28.6 Å². The number of benzene rings is 2. The van der Waals surface area contributed by atoms with Crippen molar-refractivity contribution in [3.05, 3.63) is 62.4 Å². The fourth-order valence-corrected chi connectivity index (χ4v) is 4.16. The maximum atomic E-state index is 13.1. The van der Waals surface area contributed by atoms with Gasteiger partial charge in [-0.2, -0.15) is 0 Å². The Kier molecular flexibility index (Phi) is 5.78. The minimum Gasteiger partial charge on any atom is -0.493 e. The Morgan fingerprint density at radius 3 is 2.19 bits per heavy atom. The number of aromatic nitrogens is 3. The molecule has 4 rings (SSSR count). The zero-order chi connectivity index (χ0) is 22.8. The van der Waals surface area contributed by atoms with E-state index in [1.165, 1.54) is 44.2 Å². The number of hydrogen-bond acceptors (Lipinski definition) is 9. The van der Waals surface area contributed by atoms with Gasteiger partial charge < -0.3 is 18.9 Å². The molecule has 0 aliphatic carbocycles. The SMILES string of the molecule is COC(=O)c1ccc(C=c2sc3nnc(-c4cc(OC)c(OC)c(OC)c4)n3c2=O)cc1. The Morgan fingerprint density at radius 1 is 0.969 bits per heavy atom. The number of ether oxygens (including phenoxy) is 4. The Morgan fingerprint density at radius 2 is 1.62 bits per heavy atom. The monoisotopic (exact) mass is 453 g/mol. The number of hydrogen-bond donors (Lipinski definition) is 0. The lowest BCUT2D eigenvalue weighted by molar-refractivity contribution is 0.0600. The van der Waals surface area contributed by atoms with Crippen molar-refractivity contribution in [3.63, 3.8) is 0 Å². The molecule has 2 heterocycles.